The molecular formula is C22H26O3Si. The van der Waals surface area contributed by atoms with E-state index in [2.05, 4.69) is 20.8 Å². The van der Waals surface area contributed by atoms with Gasteiger partial charge >= 0.3 is 8.56 Å². The summed E-state index contributed by atoms with van der Waals surface area (Å²) in [5.41, 5.74) is -0.706. The Morgan fingerprint density at radius 2 is 1.50 bits per heavy atom. The van der Waals surface area contributed by atoms with Gasteiger partial charge in [0, 0.05) is 11.8 Å². The first kappa shape index (κ1) is 18.6. The Labute approximate surface area is 156 Å². The van der Waals surface area contributed by atoms with Gasteiger partial charge < -0.3 is 14.3 Å². The third-order valence-electron chi connectivity index (χ3n) is 5.05. The monoisotopic (exact) mass is 366 g/mol. The van der Waals surface area contributed by atoms with Gasteiger partial charge in [-0.2, -0.15) is 0 Å². The molecule has 1 aliphatic carbocycles. The predicted molar refractivity (Wildman–Crippen MR) is 107 cm³/mol. The molecule has 1 atom stereocenters. The minimum Gasteiger partial charge on any atom is -0.482 e. The van der Waals surface area contributed by atoms with Crippen LogP contribution in [-0.2, 0) is 0 Å². The molecule has 2 aromatic carbocycles. The highest BCUT2D eigenvalue weighted by atomic mass is 28.4. The molecule has 0 spiro atoms. The summed E-state index contributed by atoms with van der Waals surface area (Å²) in [5, 5.41) is 1.18. The minimum absolute atomic E-state index is 0.163. The van der Waals surface area contributed by atoms with E-state index in [-0.39, 0.29) is 5.41 Å². The van der Waals surface area contributed by atoms with Gasteiger partial charge in [-0.3, -0.25) is 0 Å². The van der Waals surface area contributed by atoms with Crippen LogP contribution < -0.4 is 9.92 Å². The molecule has 3 nitrogen and oxygen atoms in total. The summed E-state index contributed by atoms with van der Waals surface area (Å²) in [7, 11) is -3.67. The molecule has 0 bridgehead atoms. The molecule has 0 saturated heterocycles. The SMILES string of the molecule is CC(C)(C)C1(Oc2ccccc2)C=CC([Si](O)(O)c2ccccc2)=CC1. The fourth-order valence-corrected chi connectivity index (χ4v) is 4.89. The Balaban J connectivity index is 1.90. The maximum absolute atomic E-state index is 10.8. The summed E-state index contributed by atoms with van der Waals surface area (Å²) in [4.78, 5) is 21.6. The van der Waals surface area contributed by atoms with Gasteiger partial charge in [-0.25, -0.2) is 0 Å². The molecule has 1 aliphatic rings. The zero-order valence-corrected chi connectivity index (χ0v) is 16.5. The first-order valence-corrected chi connectivity index (χ1v) is 10.8. The van der Waals surface area contributed by atoms with Gasteiger partial charge in [0.05, 0.1) is 0 Å². The summed E-state index contributed by atoms with van der Waals surface area (Å²) in [5.74, 6) is 0.809. The zero-order valence-electron chi connectivity index (χ0n) is 15.5. The molecule has 0 heterocycles. The lowest BCUT2D eigenvalue weighted by Crippen LogP contribution is -2.53. The Bertz CT molecular complexity index is 804. The molecule has 2 N–H and O–H groups in total. The van der Waals surface area contributed by atoms with Crippen molar-refractivity contribution in [1.29, 1.82) is 0 Å². The van der Waals surface area contributed by atoms with Crippen molar-refractivity contribution in [3.8, 4) is 5.75 Å². The normalized spacial score (nSPS) is 20.6. The molecule has 0 fully saturated rings. The van der Waals surface area contributed by atoms with Crippen LogP contribution in [0.3, 0.4) is 0 Å². The van der Waals surface area contributed by atoms with Gasteiger partial charge in [-0.15, -0.1) is 0 Å². The Kier molecular flexibility index (Phi) is 4.93. The summed E-state index contributed by atoms with van der Waals surface area (Å²) in [6.45, 7) is 6.41. The summed E-state index contributed by atoms with van der Waals surface area (Å²) >= 11 is 0. The number of benzene rings is 2. The van der Waals surface area contributed by atoms with Gasteiger partial charge in [0.25, 0.3) is 0 Å². The van der Waals surface area contributed by atoms with E-state index in [1.54, 1.807) is 12.1 Å². The van der Waals surface area contributed by atoms with Gasteiger partial charge in [0.2, 0.25) is 0 Å². The average molecular weight is 367 g/mol. The summed E-state index contributed by atoms with van der Waals surface area (Å²) in [6.07, 6.45) is 6.33. The number of hydrogen-bond acceptors (Lipinski definition) is 3. The van der Waals surface area contributed by atoms with Crippen molar-refractivity contribution >= 4 is 13.7 Å². The highest BCUT2D eigenvalue weighted by Gasteiger charge is 2.45. The quantitative estimate of drug-likeness (QED) is 0.813. The fraction of sp³-hybridized carbons (Fsp3) is 0.273. The molecule has 0 aliphatic heterocycles. The van der Waals surface area contributed by atoms with Crippen molar-refractivity contribution in [2.45, 2.75) is 32.8 Å². The second-order valence-electron chi connectivity index (χ2n) is 7.79. The van der Waals surface area contributed by atoms with E-state index in [1.165, 1.54) is 0 Å². The molecule has 136 valence electrons. The van der Waals surface area contributed by atoms with E-state index in [0.717, 1.165) is 5.75 Å². The topological polar surface area (TPSA) is 49.7 Å². The lowest BCUT2D eigenvalue weighted by molar-refractivity contribution is 0.0124. The predicted octanol–water partition coefficient (Wildman–Crippen LogP) is 3.61. The largest absolute Gasteiger partial charge is 0.482 e. The van der Waals surface area contributed by atoms with E-state index < -0.39 is 14.2 Å². The lowest BCUT2D eigenvalue weighted by atomic mass is 9.72. The van der Waals surface area contributed by atoms with Crippen LogP contribution in [0, 0.1) is 5.41 Å². The third kappa shape index (κ3) is 3.54. The second-order valence-corrected chi connectivity index (χ2v) is 10.3. The molecule has 0 aromatic heterocycles. The molecule has 0 radical (unpaired) electrons. The van der Waals surface area contributed by atoms with E-state index >= 15 is 0 Å². The number of ether oxygens (including phenoxy) is 1. The van der Waals surface area contributed by atoms with Crippen molar-refractivity contribution < 1.29 is 14.3 Å². The highest BCUT2D eigenvalue weighted by Crippen LogP contribution is 2.42. The highest BCUT2D eigenvalue weighted by molar-refractivity contribution is 6.85. The number of rotatable bonds is 4. The lowest BCUT2D eigenvalue weighted by Gasteiger charge is -2.44. The molecular weight excluding hydrogens is 340 g/mol. The Hall–Kier alpha value is -2.14. The Morgan fingerprint density at radius 1 is 0.923 bits per heavy atom. The average Bonchev–Trinajstić information content (AvgIpc) is 2.63. The first-order chi connectivity index (χ1) is 12.2. The van der Waals surface area contributed by atoms with E-state index in [4.69, 9.17) is 4.74 Å². The second kappa shape index (κ2) is 6.87. The van der Waals surface area contributed by atoms with Gasteiger partial charge in [0.15, 0.2) is 0 Å². The first-order valence-electron chi connectivity index (χ1n) is 8.89. The zero-order chi connectivity index (χ0) is 18.8. The summed E-state index contributed by atoms with van der Waals surface area (Å²) in [6, 6.07) is 18.8. The molecule has 1 unspecified atom stereocenters. The van der Waals surface area contributed by atoms with Crippen LogP contribution in [0.2, 0.25) is 0 Å². The van der Waals surface area contributed by atoms with E-state index in [1.807, 2.05) is 66.8 Å². The maximum atomic E-state index is 10.8. The number of para-hydroxylation sites is 1. The van der Waals surface area contributed by atoms with E-state index in [0.29, 0.717) is 16.8 Å². The minimum atomic E-state index is -3.67. The fourth-order valence-electron chi connectivity index (χ4n) is 3.20. The number of hydrogen-bond donors (Lipinski definition) is 2. The van der Waals surface area contributed by atoms with Crippen molar-refractivity contribution in [2.75, 3.05) is 0 Å². The molecule has 2 aromatic rings. The molecule has 3 rings (SSSR count). The number of allylic oxidation sites excluding steroid dienone is 2. The van der Waals surface area contributed by atoms with Gasteiger partial charge in [-0.1, -0.05) is 81.5 Å². The Morgan fingerprint density at radius 3 is 2.00 bits per heavy atom. The molecule has 4 heteroatoms. The third-order valence-corrected chi connectivity index (χ3v) is 7.36. The molecule has 26 heavy (non-hydrogen) atoms. The van der Waals surface area contributed by atoms with Crippen LogP contribution in [0.1, 0.15) is 27.2 Å². The smallest absolute Gasteiger partial charge is 0.401 e. The maximum Gasteiger partial charge on any atom is 0.401 e. The van der Waals surface area contributed by atoms with Crippen LogP contribution >= 0.6 is 0 Å². The van der Waals surface area contributed by atoms with Crippen molar-refractivity contribution in [2.24, 2.45) is 5.41 Å². The van der Waals surface area contributed by atoms with Crippen molar-refractivity contribution in [3.05, 3.63) is 84.1 Å². The van der Waals surface area contributed by atoms with Crippen LogP contribution in [0.5, 0.6) is 5.75 Å². The van der Waals surface area contributed by atoms with Crippen LogP contribution in [0.25, 0.3) is 0 Å². The van der Waals surface area contributed by atoms with Crippen LogP contribution in [0.4, 0.5) is 0 Å². The van der Waals surface area contributed by atoms with Crippen molar-refractivity contribution in [3.63, 3.8) is 0 Å². The van der Waals surface area contributed by atoms with Crippen molar-refractivity contribution in [1.82, 2.24) is 0 Å². The van der Waals surface area contributed by atoms with E-state index in [9.17, 15) is 9.59 Å². The van der Waals surface area contributed by atoms with Gasteiger partial charge in [0.1, 0.15) is 11.4 Å². The molecule has 0 saturated carbocycles. The van der Waals surface area contributed by atoms with Crippen LogP contribution in [-0.4, -0.2) is 23.8 Å². The standard InChI is InChI=1S/C22H26O3Si/c1-21(2,3)22(25-18-10-6-4-7-11-18)16-14-20(15-17-22)26(23,24)19-12-8-5-9-13-19/h4-16,23-24H,17H2,1-3H3. The summed E-state index contributed by atoms with van der Waals surface area (Å²) < 4.78 is 6.39. The van der Waals surface area contributed by atoms with Gasteiger partial charge in [-0.05, 0) is 28.6 Å². The van der Waals surface area contributed by atoms with Crippen LogP contribution in [0.15, 0.2) is 84.1 Å². The molecule has 0 amide bonds.